The van der Waals surface area contributed by atoms with Crippen molar-refractivity contribution in [2.24, 2.45) is 0 Å². The van der Waals surface area contributed by atoms with E-state index in [9.17, 15) is 4.79 Å². The van der Waals surface area contributed by atoms with Crippen LogP contribution in [0.25, 0.3) is 11.1 Å². The van der Waals surface area contributed by atoms with Crippen molar-refractivity contribution in [2.75, 3.05) is 0 Å². The number of benzene rings is 2. The first-order valence-electron chi connectivity index (χ1n) is 10.8. The first-order valence-corrected chi connectivity index (χ1v) is 10.8. The molecule has 0 spiro atoms. The lowest BCUT2D eigenvalue weighted by atomic mass is 9.98. The summed E-state index contributed by atoms with van der Waals surface area (Å²) in [5.41, 5.74) is 4.87. The van der Waals surface area contributed by atoms with Gasteiger partial charge in [-0.3, -0.25) is 9.48 Å². The van der Waals surface area contributed by atoms with Gasteiger partial charge in [-0.2, -0.15) is 5.10 Å². The van der Waals surface area contributed by atoms with Gasteiger partial charge in [-0.1, -0.05) is 42.5 Å². The topological polar surface area (TPSA) is 66.6 Å². The molecule has 3 heterocycles. The fraction of sp³-hybridized carbons (Fsp3) is 0.240. The summed E-state index contributed by atoms with van der Waals surface area (Å²) in [4.78, 5) is 16.4. The Morgan fingerprint density at radius 1 is 1.10 bits per heavy atom. The van der Waals surface area contributed by atoms with Crippen molar-refractivity contribution in [1.82, 2.24) is 20.1 Å². The summed E-state index contributed by atoms with van der Waals surface area (Å²) in [7, 11) is 0. The van der Waals surface area contributed by atoms with E-state index in [1.165, 1.54) is 24.2 Å². The maximum absolute atomic E-state index is 13.0. The van der Waals surface area contributed by atoms with Crippen molar-refractivity contribution in [3.63, 3.8) is 0 Å². The molecule has 1 aliphatic rings. The molecule has 31 heavy (non-hydrogen) atoms. The van der Waals surface area contributed by atoms with Gasteiger partial charge in [0, 0.05) is 24.4 Å². The second-order valence-electron chi connectivity index (χ2n) is 8.01. The zero-order chi connectivity index (χ0) is 21.0. The summed E-state index contributed by atoms with van der Waals surface area (Å²) in [5, 5.41) is 7.34. The van der Waals surface area contributed by atoms with Crippen LogP contribution in [0.5, 0.6) is 0 Å². The molecule has 0 unspecified atom stereocenters. The molecular weight excluding hydrogens is 386 g/mol. The largest absolute Gasteiger partial charge is 0.344 e. The van der Waals surface area contributed by atoms with Gasteiger partial charge in [-0.05, 0) is 41.7 Å². The molecule has 2 aromatic carbocycles. The van der Waals surface area contributed by atoms with Crippen LogP contribution in [0.4, 0.5) is 0 Å². The van der Waals surface area contributed by atoms with Gasteiger partial charge < -0.3 is 5.32 Å². The number of amides is 1. The average molecular weight is 413 g/mol. The third kappa shape index (κ3) is 4.28. The Balaban J connectivity index is 1.30. The second-order valence-corrected chi connectivity index (χ2v) is 8.01. The third-order valence-corrected chi connectivity index (χ3v) is 5.81. The molecule has 2 N–H and O–H groups in total. The van der Waals surface area contributed by atoms with Gasteiger partial charge in [0.25, 0.3) is 11.7 Å². The summed E-state index contributed by atoms with van der Waals surface area (Å²) in [6, 6.07) is 18.0. The number of nitrogens with zero attached hydrogens (tertiary/aromatic N) is 3. The Morgan fingerprint density at radius 3 is 2.77 bits per heavy atom. The molecular formula is C25H26N5O+. The first kappa shape index (κ1) is 19.3. The molecule has 1 aliphatic heterocycles. The Bertz CT molecular complexity index is 1150. The van der Waals surface area contributed by atoms with Gasteiger partial charge >= 0.3 is 0 Å². The summed E-state index contributed by atoms with van der Waals surface area (Å²) >= 11 is 0. The zero-order valence-electron chi connectivity index (χ0n) is 17.4. The van der Waals surface area contributed by atoms with E-state index < -0.39 is 0 Å². The van der Waals surface area contributed by atoms with Gasteiger partial charge in [0.15, 0.2) is 5.69 Å². The predicted molar refractivity (Wildman–Crippen MR) is 118 cm³/mol. The minimum atomic E-state index is -0.0613. The van der Waals surface area contributed by atoms with Crippen LogP contribution in [0.2, 0.25) is 0 Å². The molecule has 5 rings (SSSR count). The summed E-state index contributed by atoms with van der Waals surface area (Å²) in [6.07, 6.45) is 9.37. The molecule has 0 atom stereocenters. The molecule has 0 saturated heterocycles. The number of hydrogen-bond donors (Lipinski definition) is 2. The van der Waals surface area contributed by atoms with Crippen molar-refractivity contribution in [2.45, 2.75) is 38.9 Å². The van der Waals surface area contributed by atoms with E-state index in [-0.39, 0.29) is 5.91 Å². The molecule has 6 nitrogen and oxygen atoms in total. The molecule has 0 aliphatic carbocycles. The van der Waals surface area contributed by atoms with Crippen LogP contribution in [-0.4, -0.2) is 20.7 Å². The van der Waals surface area contributed by atoms with Crippen molar-refractivity contribution < 1.29 is 9.36 Å². The lowest BCUT2D eigenvalue weighted by molar-refractivity contribution is -0.708. The van der Waals surface area contributed by atoms with Crippen molar-refractivity contribution in [3.05, 3.63) is 95.8 Å². The van der Waals surface area contributed by atoms with Crippen molar-refractivity contribution in [1.29, 1.82) is 0 Å². The van der Waals surface area contributed by atoms with E-state index in [0.29, 0.717) is 12.1 Å². The van der Waals surface area contributed by atoms with Crippen LogP contribution < -0.4 is 9.88 Å². The average Bonchev–Trinajstić information content (AvgIpc) is 3.47. The number of hydrogen-bond acceptors (Lipinski definition) is 2. The van der Waals surface area contributed by atoms with Gasteiger partial charge in [-0.15, -0.1) is 0 Å². The van der Waals surface area contributed by atoms with Crippen LogP contribution in [0.3, 0.4) is 0 Å². The van der Waals surface area contributed by atoms with E-state index in [4.69, 9.17) is 0 Å². The smallest absolute Gasteiger partial charge is 0.254 e. The number of fused-ring (bicyclic) bond motifs is 1. The third-order valence-electron chi connectivity index (χ3n) is 5.81. The summed E-state index contributed by atoms with van der Waals surface area (Å²) < 4.78 is 4.16. The summed E-state index contributed by atoms with van der Waals surface area (Å²) in [5.74, 6) is 1.19. The highest BCUT2D eigenvalue weighted by molar-refractivity contribution is 6.00. The molecule has 1 amide bonds. The molecule has 6 heteroatoms. The van der Waals surface area contributed by atoms with Crippen LogP contribution >= 0.6 is 0 Å². The minimum Gasteiger partial charge on any atom is -0.344 e. The Hall–Kier alpha value is -3.67. The maximum Gasteiger partial charge on any atom is 0.254 e. The van der Waals surface area contributed by atoms with Gasteiger partial charge in [0.2, 0.25) is 0 Å². The number of H-pyrrole nitrogens is 1. The van der Waals surface area contributed by atoms with Crippen LogP contribution in [0, 0.1) is 0 Å². The van der Waals surface area contributed by atoms with Gasteiger partial charge in [0.05, 0.1) is 19.6 Å². The monoisotopic (exact) mass is 412 g/mol. The lowest BCUT2D eigenvalue weighted by Gasteiger charge is -2.10. The molecule has 2 aromatic heterocycles. The number of nitrogens with one attached hydrogen (secondary N) is 2. The number of imidazole rings is 1. The number of carbonyl (C=O) groups is 1. The minimum absolute atomic E-state index is 0.0613. The molecule has 0 saturated carbocycles. The van der Waals surface area contributed by atoms with Crippen LogP contribution in [0.15, 0.2) is 73.2 Å². The Morgan fingerprint density at radius 2 is 1.97 bits per heavy atom. The Labute approximate surface area is 181 Å². The lowest BCUT2D eigenvalue weighted by Crippen LogP contribution is -2.39. The molecule has 156 valence electrons. The fourth-order valence-corrected chi connectivity index (χ4v) is 4.20. The van der Waals surface area contributed by atoms with E-state index in [1.807, 2.05) is 41.2 Å². The zero-order valence-corrected chi connectivity index (χ0v) is 17.4. The SMILES string of the molecule is O=C(NCc1c[n+]2c([nH]1)CCCC2)c1ccccc1-c1ccc(Cn2cccn2)cc1. The van der Waals surface area contributed by atoms with E-state index in [2.05, 4.69) is 50.4 Å². The maximum atomic E-state index is 13.0. The van der Waals surface area contributed by atoms with Crippen LogP contribution in [-0.2, 0) is 26.1 Å². The van der Waals surface area contributed by atoms with Crippen molar-refractivity contribution >= 4 is 5.91 Å². The fourth-order valence-electron chi connectivity index (χ4n) is 4.20. The predicted octanol–water partition coefficient (Wildman–Crippen LogP) is 3.48. The van der Waals surface area contributed by atoms with E-state index in [1.54, 1.807) is 6.20 Å². The summed E-state index contributed by atoms with van der Waals surface area (Å²) in [6.45, 7) is 2.28. The molecule has 0 bridgehead atoms. The van der Waals surface area contributed by atoms with E-state index >= 15 is 0 Å². The molecule has 0 fully saturated rings. The number of rotatable bonds is 6. The molecule has 0 radical (unpaired) electrons. The highest BCUT2D eigenvalue weighted by Crippen LogP contribution is 2.24. The Kier molecular flexibility index (Phi) is 5.35. The van der Waals surface area contributed by atoms with Gasteiger partial charge in [0.1, 0.15) is 6.20 Å². The standard InChI is InChI=1S/C25H25N5O/c31-25(26-16-21-18-29-14-4-3-8-24(29)28-21)23-7-2-1-6-22(23)20-11-9-19(10-12-20)17-30-15-5-13-27-30/h1-2,5-7,9-13,15,18H,3-4,8,14,16-17H2,(H,26,31)/p+1. The first-order chi connectivity index (χ1) is 15.3. The second kappa shape index (κ2) is 8.60. The number of carbonyl (C=O) groups excluding carboxylic acids is 1. The van der Waals surface area contributed by atoms with Gasteiger partial charge in [-0.25, -0.2) is 9.55 Å². The number of aromatic nitrogens is 4. The quantitative estimate of drug-likeness (QED) is 0.476. The highest BCUT2D eigenvalue weighted by Gasteiger charge is 2.20. The highest BCUT2D eigenvalue weighted by atomic mass is 16.1. The van der Waals surface area contributed by atoms with Crippen molar-refractivity contribution in [3.8, 4) is 11.1 Å². The molecule has 4 aromatic rings. The number of aromatic amines is 1. The van der Waals surface area contributed by atoms with Crippen LogP contribution in [0.1, 0.15) is 40.3 Å². The normalized spacial score (nSPS) is 13.0. The number of aryl methyl sites for hydroxylation is 2. The van der Waals surface area contributed by atoms with E-state index in [0.717, 1.165) is 36.3 Å².